The molecule has 0 unspecified atom stereocenters. The molecule has 0 bridgehead atoms. The fourth-order valence-electron chi connectivity index (χ4n) is 2.31. The summed E-state index contributed by atoms with van der Waals surface area (Å²) in [6.07, 6.45) is 0.844. The molecule has 0 saturated carbocycles. The largest absolute Gasteiger partial charge is 0.493 e. The molecule has 128 valence electrons. The molecular formula is C18H20ClNO4. The first-order chi connectivity index (χ1) is 11.6. The maximum atomic E-state index is 12.1. The molecule has 0 atom stereocenters. The molecule has 0 spiro atoms. The fourth-order valence-corrected chi connectivity index (χ4v) is 2.50. The van der Waals surface area contributed by atoms with Crippen LogP contribution >= 0.6 is 11.6 Å². The Labute approximate surface area is 146 Å². The molecule has 0 radical (unpaired) electrons. The minimum Gasteiger partial charge on any atom is -0.493 e. The van der Waals surface area contributed by atoms with Crippen molar-refractivity contribution in [1.29, 1.82) is 0 Å². The molecule has 0 aliphatic carbocycles. The number of ether oxygens (including phenoxy) is 3. The van der Waals surface area contributed by atoms with Crippen LogP contribution in [0.5, 0.6) is 17.2 Å². The second-order valence-corrected chi connectivity index (χ2v) is 5.47. The van der Waals surface area contributed by atoms with Gasteiger partial charge in [-0.25, -0.2) is 0 Å². The monoisotopic (exact) mass is 349 g/mol. The standard InChI is InChI=1S/C18H20ClNO4/c1-22-15-10-12(11-16(23-2)18(15)24-3)8-9-17(21)20-14-7-5-4-6-13(14)19/h4-7,10-11H,8-9H2,1-3H3,(H,20,21). The van der Waals surface area contributed by atoms with Crippen molar-refractivity contribution in [3.63, 3.8) is 0 Å². The molecule has 2 rings (SSSR count). The number of benzene rings is 2. The molecule has 1 N–H and O–H groups in total. The van der Waals surface area contributed by atoms with E-state index < -0.39 is 0 Å². The number of nitrogens with one attached hydrogen (secondary N) is 1. The molecule has 24 heavy (non-hydrogen) atoms. The number of methoxy groups -OCH3 is 3. The number of rotatable bonds is 7. The summed E-state index contributed by atoms with van der Waals surface area (Å²) in [5.41, 5.74) is 1.52. The highest BCUT2D eigenvalue weighted by Crippen LogP contribution is 2.38. The highest BCUT2D eigenvalue weighted by atomic mass is 35.5. The van der Waals surface area contributed by atoms with Crippen molar-refractivity contribution in [2.45, 2.75) is 12.8 Å². The van der Waals surface area contributed by atoms with Gasteiger partial charge in [-0.05, 0) is 36.2 Å². The van der Waals surface area contributed by atoms with Crippen LogP contribution in [-0.2, 0) is 11.2 Å². The first-order valence-corrected chi connectivity index (χ1v) is 7.80. The summed E-state index contributed by atoms with van der Waals surface area (Å²) < 4.78 is 15.9. The minimum absolute atomic E-state index is 0.114. The summed E-state index contributed by atoms with van der Waals surface area (Å²) >= 11 is 6.04. The summed E-state index contributed by atoms with van der Waals surface area (Å²) in [5, 5.41) is 3.31. The van der Waals surface area contributed by atoms with Crippen molar-refractivity contribution in [3.05, 3.63) is 47.0 Å². The van der Waals surface area contributed by atoms with Crippen LogP contribution in [0.15, 0.2) is 36.4 Å². The lowest BCUT2D eigenvalue weighted by Crippen LogP contribution is -2.12. The van der Waals surface area contributed by atoms with Gasteiger partial charge in [0.25, 0.3) is 0 Å². The minimum atomic E-state index is -0.114. The number of para-hydroxylation sites is 1. The topological polar surface area (TPSA) is 56.8 Å². The molecule has 1 amide bonds. The second kappa shape index (κ2) is 8.45. The van der Waals surface area contributed by atoms with Gasteiger partial charge in [0.05, 0.1) is 32.0 Å². The van der Waals surface area contributed by atoms with E-state index in [-0.39, 0.29) is 5.91 Å². The lowest BCUT2D eigenvalue weighted by atomic mass is 10.1. The Balaban J connectivity index is 2.06. The van der Waals surface area contributed by atoms with Gasteiger partial charge in [0, 0.05) is 6.42 Å². The lowest BCUT2D eigenvalue weighted by Gasteiger charge is -2.14. The average Bonchev–Trinajstić information content (AvgIpc) is 2.60. The zero-order valence-corrected chi connectivity index (χ0v) is 14.6. The molecule has 0 aromatic heterocycles. The Hall–Kier alpha value is -2.40. The SMILES string of the molecule is COc1cc(CCC(=O)Nc2ccccc2Cl)cc(OC)c1OC. The van der Waals surface area contributed by atoms with Gasteiger partial charge in [0.1, 0.15) is 0 Å². The second-order valence-electron chi connectivity index (χ2n) is 5.06. The van der Waals surface area contributed by atoms with Gasteiger partial charge >= 0.3 is 0 Å². The van der Waals surface area contributed by atoms with Gasteiger partial charge < -0.3 is 19.5 Å². The third-order valence-corrected chi connectivity index (χ3v) is 3.84. The number of hydrogen-bond donors (Lipinski definition) is 1. The molecule has 0 fully saturated rings. The van der Waals surface area contributed by atoms with Crippen molar-refractivity contribution in [1.82, 2.24) is 0 Å². The number of carbonyl (C=O) groups excluding carboxylic acids is 1. The van der Waals surface area contributed by atoms with Gasteiger partial charge in [-0.3, -0.25) is 4.79 Å². The first-order valence-electron chi connectivity index (χ1n) is 7.42. The predicted octanol–water partition coefficient (Wildman–Crippen LogP) is 3.94. The number of amides is 1. The Kier molecular flexibility index (Phi) is 6.32. The number of aryl methyl sites for hydroxylation is 1. The smallest absolute Gasteiger partial charge is 0.224 e. The van der Waals surface area contributed by atoms with Gasteiger partial charge in [-0.2, -0.15) is 0 Å². The molecule has 5 nitrogen and oxygen atoms in total. The predicted molar refractivity (Wildman–Crippen MR) is 94.5 cm³/mol. The molecule has 6 heteroatoms. The van der Waals surface area contributed by atoms with Crippen molar-refractivity contribution in [2.75, 3.05) is 26.6 Å². The Morgan fingerprint density at radius 3 is 2.21 bits per heavy atom. The van der Waals surface area contributed by atoms with Crippen LogP contribution in [-0.4, -0.2) is 27.2 Å². The summed E-state index contributed by atoms with van der Waals surface area (Å²) in [6, 6.07) is 10.8. The van der Waals surface area contributed by atoms with Crippen LogP contribution in [0, 0.1) is 0 Å². The Bertz CT molecular complexity index is 693. The van der Waals surface area contributed by atoms with E-state index in [1.165, 1.54) is 0 Å². The van der Waals surface area contributed by atoms with Crippen LogP contribution in [0.2, 0.25) is 5.02 Å². The van der Waals surface area contributed by atoms with Gasteiger partial charge in [-0.1, -0.05) is 23.7 Å². The van der Waals surface area contributed by atoms with Crippen LogP contribution in [0.4, 0.5) is 5.69 Å². The van der Waals surface area contributed by atoms with E-state index in [2.05, 4.69) is 5.32 Å². The first kappa shape index (κ1) is 17.9. The number of anilines is 1. The highest BCUT2D eigenvalue weighted by Gasteiger charge is 2.14. The third kappa shape index (κ3) is 4.32. The summed E-state index contributed by atoms with van der Waals surface area (Å²) in [6.45, 7) is 0. The zero-order chi connectivity index (χ0) is 17.5. The van der Waals surface area contributed by atoms with E-state index >= 15 is 0 Å². The molecule has 0 heterocycles. The molecule has 0 aliphatic heterocycles. The van der Waals surface area contributed by atoms with Gasteiger partial charge in [-0.15, -0.1) is 0 Å². The van der Waals surface area contributed by atoms with Crippen LogP contribution in [0.3, 0.4) is 0 Å². The summed E-state index contributed by atoms with van der Waals surface area (Å²) in [7, 11) is 4.67. The van der Waals surface area contributed by atoms with E-state index in [4.69, 9.17) is 25.8 Å². The maximum absolute atomic E-state index is 12.1. The molecular weight excluding hydrogens is 330 g/mol. The van der Waals surface area contributed by atoms with Crippen molar-refractivity contribution >= 4 is 23.2 Å². The van der Waals surface area contributed by atoms with E-state index in [9.17, 15) is 4.79 Å². The number of hydrogen-bond acceptors (Lipinski definition) is 4. The van der Waals surface area contributed by atoms with Crippen molar-refractivity contribution < 1.29 is 19.0 Å². The number of carbonyl (C=O) groups is 1. The molecule has 2 aromatic carbocycles. The average molecular weight is 350 g/mol. The molecule has 0 aliphatic rings. The van der Waals surface area contributed by atoms with Crippen molar-refractivity contribution in [3.8, 4) is 17.2 Å². The molecule has 2 aromatic rings. The zero-order valence-electron chi connectivity index (χ0n) is 13.9. The third-order valence-electron chi connectivity index (χ3n) is 3.51. The lowest BCUT2D eigenvalue weighted by molar-refractivity contribution is -0.116. The highest BCUT2D eigenvalue weighted by molar-refractivity contribution is 6.33. The number of halogens is 1. The van der Waals surface area contributed by atoms with Crippen molar-refractivity contribution in [2.24, 2.45) is 0 Å². The van der Waals surface area contributed by atoms with E-state index in [0.717, 1.165) is 5.56 Å². The summed E-state index contributed by atoms with van der Waals surface area (Å²) in [4.78, 5) is 12.1. The van der Waals surface area contributed by atoms with E-state index in [1.54, 1.807) is 33.5 Å². The van der Waals surface area contributed by atoms with E-state index in [1.807, 2.05) is 24.3 Å². The van der Waals surface area contributed by atoms with Crippen LogP contribution < -0.4 is 19.5 Å². The Morgan fingerprint density at radius 2 is 1.67 bits per heavy atom. The summed E-state index contributed by atoms with van der Waals surface area (Å²) in [5.74, 6) is 1.55. The van der Waals surface area contributed by atoms with Crippen LogP contribution in [0.25, 0.3) is 0 Å². The van der Waals surface area contributed by atoms with Gasteiger partial charge in [0.15, 0.2) is 11.5 Å². The maximum Gasteiger partial charge on any atom is 0.224 e. The fraction of sp³-hybridized carbons (Fsp3) is 0.278. The van der Waals surface area contributed by atoms with Crippen LogP contribution in [0.1, 0.15) is 12.0 Å². The normalized spacial score (nSPS) is 10.2. The van der Waals surface area contributed by atoms with Gasteiger partial charge in [0.2, 0.25) is 11.7 Å². The van der Waals surface area contributed by atoms with E-state index in [0.29, 0.717) is 40.8 Å². The molecule has 0 saturated heterocycles. The Morgan fingerprint density at radius 1 is 1.04 bits per heavy atom. The quantitative estimate of drug-likeness (QED) is 0.822.